The fourth-order valence-electron chi connectivity index (χ4n) is 2.71. The van der Waals surface area contributed by atoms with Crippen LogP contribution in [0.3, 0.4) is 0 Å². The molecule has 0 fully saturated rings. The molecule has 0 aliphatic rings. The number of aromatic nitrogens is 1. The second-order valence-corrected chi connectivity index (χ2v) is 7.12. The van der Waals surface area contributed by atoms with Crippen molar-refractivity contribution in [2.45, 2.75) is 20.8 Å². The summed E-state index contributed by atoms with van der Waals surface area (Å²) in [5, 5.41) is 4.37. The number of nitrogens with one attached hydrogen (secondary N) is 1. The van der Waals surface area contributed by atoms with Crippen molar-refractivity contribution in [1.82, 2.24) is 4.57 Å². The van der Waals surface area contributed by atoms with E-state index in [4.69, 9.17) is 0 Å². The van der Waals surface area contributed by atoms with E-state index in [2.05, 4.69) is 101 Å². The van der Waals surface area contributed by atoms with Crippen molar-refractivity contribution in [1.29, 1.82) is 0 Å². The topological polar surface area (TPSA) is 29.3 Å². The smallest absolute Gasteiger partial charge is 0.0562 e. The molecule has 0 atom stereocenters. The summed E-state index contributed by atoms with van der Waals surface area (Å²) in [4.78, 5) is 0. The van der Waals surface area contributed by atoms with E-state index in [1.54, 1.807) is 0 Å². The van der Waals surface area contributed by atoms with E-state index in [0.29, 0.717) is 0 Å². The summed E-state index contributed by atoms with van der Waals surface area (Å²) in [5.41, 5.74) is 10.0. The van der Waals surface area contributed by atoms with Gasteiger partial charge in [0.2, 0.25) is 0 Å². The van der Waals surface area contributed by atoms with Crippen LogP contribution in [0.2, 0.25) is 0 Å². The lowest BCUT2D eigenvalue weighted by molar-refractivity contribution is 0.964. The third kappa shape index (κ3) is 3.70. The molecule has 0 bridgehead atoms. The summed E-state index contributed by atoms with van der Waals surface area (Å²) in [6.45, 7) is 6.35. The van der Waals surface area contributed by atoms with E-state index >= 15 is 0 Å². The Morgan fingerprint density at radius 3 is 2.29 bits per heavy atom. The third-order valence-electron chi connectivity index (χ3n) is 4.00. The lowest BCUT2D eigenvalue weighted by atomic mass is 10.2. The third-order valence-corrected chi connectivity index (χ3v) is 4.72. The molecule has 0 radical (unpaired) electrons. The minimum atomic E-state index is 0.985. The Morgan fingerprint density at radius 1 is 0.958 bits per heavy atom. The predicted molar refractivity (Wildman–Crippen MR) is 110 cm³/mol. The van der Waals surface area contributed by atoms with E-state index in [0.717, 1.165) is 11.3 Å². The molecule has 0 aliphatic carbocycles. The van der Waals surface area contributed by atoms with Crippen LogP contribution in [-0.2, 0) is 0 Å². The van der Waals surface area contributed by atoms with Gasteiger partial charge in [-0.15, -0.1) is 0 Å². The van der Waals surface area contributed by atoms with Gasteiger partial charge in [0.15, 0.2) is 0 Å². The quantitative estimate of drug-likeness (QED) is 0.334. The Bertz CT molecular complexity index is 859. The first-order chi connectivity index (χ1) is 11.5. The number of hydrazone groups is 1. The van der Waals surface area contributed by atoms with Crippen molar-refractivity contribution in [3.8, 4) is 5.69 Å². The molecule has 24 heavy (non-hydrogen) atoms. The molecular formula is C20H20IN3. The highest BCUT2D eigenvalue weighted by atomic mass is 127. The van der Waals surface area contributed by atoms with Gasteiger partial charge in [0.05, 0.1) is 11.9 Å². The molecule has 122 valence electrons. The number of halogens is 1. The van der Waals surface area contributed by atoms with Crippen LogP contribution >= 0.6 is 22.6 Å². The molecule has 1 N–H and O–H groups in total. The van der Waals surface area contributed by atoms with Crippen LogP contribution in [-0.4, -0.2) is 10.8 Å². The molecule has 0 amide bonds. The maximum atomic E-state index is 4.37. The number of anilines is 1. The van der Waals surface area contributed by atoms with Gasteiger partial charge in [-0.1, -0.05) is 17.7 Å². The van der Waals surface area contributed by atoms with Crippen molar-refractivity contribution in [3.63, 3.8) is 0 Å². The first kappa shape index (κ1) is 16.8. The largest absolute Gasteiger partial charge is 0.318 e. The van der Waals surface area contributed by atoms with Gasteiger partial charge >= 0.3 is 0 Å². The van der Waals surface area contributed by atoms with Crippen molar-refractivity contribution in [3.05, 3.63) is 80.7 Å². The maximum absolute atomic E-state index is 4.37. The lowest BCUT2D eigenvalue weighted by Crippen LogP contribution is -1.99. The molecule has 0 aliphatic heterocycles. The average Bonchev–Trinajstić information content (AvgIpc) is 2.85. The van der Waals surface area contributed by atoms with Gasteiger partial charge in [-0.05, 0) is 85.8 Å². The monoisotopic (exact) mass is 429 g/mol. The highest BCUT2D eigenvalue weighted by Gasteiger charge is 2.09. The normalized spacial score (nSPS) is 11.2. The Hall–Kier alpha value is -2.08. The summed E-state index contributed by atoms with van der Waals surface area (Å²) in [6.07, 6.45) is 1.88. The first-order valence-electron chi connectivity index (χ1n) is 7.85. The second kappa shape index (κ2) is 7.21. The van der Waals surface area contributed by atoms with Gasteiger partial charge in [0.1, 0.15) is 0 Å². The minimum Gasteiger partial charge on any atom is -0.318 e. The Morgan fingerprint density at radius 2 is 1.62 bits per heavy atom. The Kier molecular flexibility index (Phi) is 5.04. The number of aryl methyl sites for hydroxylation is 2. The van der Waals surface area contributed by atoms with E-state index in [9.17, 15) is 0 Å². The molecule has 0 spiro atoms. The minimum absolute atomic E-state index is 0.985. The van der Waals surface area contributed by atoms with E-state index in [1.165, 1.54) is 26.2 Å². The van der Waals surface area contributed by atoms with E-state index < -0.39 is 0 Å². The summed E-state index contributed by atoms with van der Waals surface area (Å²) in [7, 11) is 0. The van der Waals surface area contributed by atoms with Crippen LogP contribution in [0.25, 0.3) is 5.69 Å². The zero-order valence-electron chi connectivity index (χ0n) is 14.0. The summed E-state index contributed by atoms with van der Waals surface area (Å²) in [5.74, 6) is 0. The second-order valence-electron chi connectivity index (χ2n) is 5.87. The molecule has 1 heterocycles. The number of hydrogen-bond acceptors (Lipinski definition) is 2. The Labute approximate surface area is 156 Å². The van der Waals surface area contributed by atoms with Crippen LogP contribution in [0.15, 0.2) is 59.7 Å². The molecule has 2 aromatic carbocycles. The molecular weight excluding hydrogens is 409 g/mol. The fourth-order valence-corrected chi connectivity index (χ4v) is 3.07. The fraction of sp³-hybridized carbons (Fsp3) is 0.150. The zero-order valence-corrected chi connectivity index (χ0v) is 16.2. The lowest BCUT2D eigenvalue weighted by Gasteiger charge is -2.09. The van der Waals surface area contributed by atoms with Crippen LogP contribution in [0, 0.1) is 24.3 Å². The van der Waals surface area contributed by atoms with Crippen LogP contribution in [0.5, 0.6) is 0 Å². The van der Waals surface area contributed by atoms with E-state index in [1.807, 2.05) is 18.3 Å². The maximum Gasteiger partial charge on any atom is 0.0562 e. The highest BCUT2D eigenvalue weighted by molar-refractivity contribution is 14.1. The van der Waals surface area contributed by atoms with E-state index in [-0.39, 0.29) is 0 Å². The molecule has 3 rings (SSSR count). The number of hydrogen-bond donors (Lipinski definition) is 1. The average molecular weight is 429 g/mol. The summed E-state index contributed by atoms with van der Waals surface area (Å²) >= 11 is 2.29. The highest BCUT2D eigenvalue weighted by Crippen LogP contribution is 2.20. The van der Waals surface area contributed by atoms with Crippen molar-refractivity contribution in [2.75, 3.05) is 5.43 Å². The number of benzene rings is 2. The van der Waals surface area contributed by atoms with Crippen molar-refractivity contribution >= 4 is 34.5 Å². The molecule has 0 saturated carbocycles. The SMILES string of the molecule is Cc1ccc(-n2c(C)cc(C=NNc3ccc(I)cc3)c2C)cc1. The van der Waals surface area contributed by atoms with Gasteiger partial charge in [-0.3, -0.25) is 5.43 Å². The van der Waals surface area contributed by atoms with Crippen molar-refractivity contribution in [2.24, 2.45) is 5.10 Å². The summed E-state index contributed by atoms with van der Waals surface area (Å²) in [6, 6.07) is 18.9. The van der Waals surface area contributed by atoms with Crippen molar-refractivity contribution < 1.29 is 0 Å². The molecule has 1 aromatic heterocycles. The number of rotatable bonds is 4. The van der Waals surface area contributed by atoms with Crippen LogP contribution < -0.4 is 5.43 Å². The van der Waals surface area contributed by atoms with Gasteiger partial charge in [-0.2, -0.15) is 5.10 Å². The molecule has 3 nitrogen and oxygen atoms in total. The van der Waals surface area contributed by atoms with Crippen LogP contribution in [0.1, 0.15) is 22.5 Å². The first-order valence-corrected chi connectivity index (χ1v) is 8.93. The van der Waals surface area contributed by atoms with Gasteiger partial charge < -0.3 is 4.57 Å². The predicted octanol–water partition coefficient (Wildman–Crippen LogP) is 5.45. The molecule has 0 saturated heterocycles. The van der Waals surface area contributed by atoms with Gasteiger partial charge in [0, 0.05) is 26.2 Å². The van der Waals surface area contributed by atoms with Gasteiger partial charge in [0.25, 0.3) is 0 Å². The Balaban J connectivity index is 1.82. The standard InChI is InChI=1S/C20H20IN3/c1-14-4-10-20(11-5-14)24-15(2)12-17(16(24)3)13-22-23-19-8-6-18(21)7-9-19/h4-13,23H,1-3H3. The molecule has 4 heteroatoms. The molecule has 0 unspecified atom stereocenters. The number of nitrogens with zero attached hydrogens (tertiary/aromatic N) is 2. The molecule has 3 aromatic rings. The van der Waals surface area contributed by atoms with Crippen LogP contribution in [0.4, 0.5) is 5.69 Å². The van der Waals surface area contributed by atoms with Gasteiger partial charge in [-0.25, -0.2) is 0 Å². The summed E-state index contributed by atoms with van der Waals surface area (Å²) < 4.78 is 3.47. The zero-order chi connectivity index (χ0) is 17.1.